The van der Waals surface area contributed by atoms with Gasteiger partial charge in [-0.25, -0.2) is 0 Å². The zero-order chi connectivity index (χ0) is 25.9. The number of benzene rings is 2. The summed E-state index contributed by atoms with van der Waals surface area (Å²) < 4.78 is 5.82. The van der Waals surface area contributed by atoms with Crippen LogP contribution in [0.5, 0.6) is 5.75 Å². The summed E-state index contributed by atoms with van der Waals surface area (Å²) in [5.41, 5.74) is 2.82. The van der Waals surface area contributed by atoms with E-state index in [1.54, 1.807) is 36.7 Å². The van der Waals surface area contributed by atoms with Crippen molar-refractivity contribution in [3.05, 3.63) is 87.7 Å². The largest absolute Gasteiger partial charge is 0.493 e. The van der Waals surface area contributed by atoms with Crippen molar-refractivity contribution >= 4 is 40.7 Å². The molecule has 3 aromatic rings. The molecule has 192 valence electrons. The molecule has 0 saturated carbocycles. The lowest BCUT2D eigenvalue weighted by Gasteiger charge is -2.38. The van der Waals surface area contributed by atoms with E-state index < -0.39 is 0 Å². The summed E-state index contributed by atoms with van der Waals surface area (Å²) in [6, 6.07) is 14.3. The van der Waals surface area contributed by atoms with E-state index in [-0.39, 0.29) is 28.9 Å². The van der Waals surface area contributed by atoms with Crippen LogP contribution in [0.3, 0.4) is 0 Å². The number of nitrogens with one attached hydrogen (secondary N) is 1. The molecule has 1 N–H and O–H groups in total. The van der Waals surface area contributed by atoms with Gasteiger partial charge in [-0.15, -0.1) is 0 Å². The lowest BCUT2D eigenvalue weighted by Crippen LogP contribution is -2.45. The molecule has 9 heteroatoms. The normalized spacial score (nSPS) is 17.5. The number of amides is 2. The van der Waals surface area contributed by atoms with Gasteiger partial charge in [0.15, 0.2) is 0 Å². The van der Waals surface area contributed by atoms with Gasteiger partial charge in [-0.05, 0) is 55.3 Å². The minimum atomic E-state index is -0.319. The number of carbonyl (C=O) groups excluding carboxylic acids is 2. The Hall–Kier alpha value is -3.29. The van der Waals surface area contributed by atoms with Crippen molar-refractivity contribution in [1.29, 1.82) is 0 Å². The number of hydrogen-bond acceptors (Lipinski definition) is 5. The Morgan fingerprint density at radius 1 is 1.05 bits per heavy atom. The first-order valence-electron chi connectivity index (χ1n) is 12.4. The molecule has 37 heavy (non-hydrogen) atoms. The van der Waals surface area contributed by atoms with Gasteiger partial charge in [0.2, 0.25) is 0 Å². The molecule has 7 nitrogen and oxygen atoms in total. The fourth-order valence-corrected chi connectivity index (χ4v) is 5.41. The fraction of sp³-hybridized carbons (Fsp3) is 0.321. The number of halogens is 2. The van der Waals surface area contributed by atoms with Crippen LogP contribution < -0.4 is 15.0 Å². The molecule has 1 fully saturated rings. The number of carbonyl (C=O) groups is 2. The van der Waals surface area contributed by atoms with E-state index in [1.165, 1.54) is 0 Å². The molecule has 1 saturated heterocycles. The highest BCUT2D eigenvalue weighted by Gasteiger charge is 2.29. The molecule has 5 rings (SSSR count). The monoisotopic (exact) mass is 538 g/mol. The average Bonchev–Trinajstić information content (AvgIpc) is 2.94. The maximum absolute atomic E-state index is 13.5. The number of nitrogens with zero attached hydrogens (tertiary/aromatic N) is 3. The number of rotatable bonds is 5. The number of ether oxygens (including phenoxy) is 1. The Morgan fingerprint density at radius 3 is 2.57 bits per heavy atom. The summed E-state index contributed by atoms with van der Waals surface area (Å²) in [6.45, 7) is 2.22. The smallest absolute Gasteiger partial charge is 0.253 e. The molecular formula is C28H28Cl2N4O3. The van der Waals surface area contributed by atoms with Gasteiger partial charge in [-0.2, -0.15) is 0 Å². The Kier molecular flexibility index (Phi) is 7.53. The van der Waals surface area contributed by atoms with Crippen LogP contribution in [-0.4, -0.2) is 54.5 Å². The summed E-state index contributed by atoms with van der Waals surface area (Å²) in [5.74, 6) is 0.303. The SMILES string of the molecule is CN(C(=O)c1ccc2c(c1)C(NC(=O)c1cccc(Cl)c1Cl)CCO2)C1CCN(c2ccncc2)CC1. The third-order valence-electron chi connectivity index (χ3n) is 7.16. The highest BCUT2D eigenvalue weighted by molar-refractivity contribution is 6.43. The topological polar surface area (TPSA) is 74.8 Å². The van der Waals surface area contributed by atoms with Crippen LogP contribution in [0.4, 0.5) is 5.69 Å². The summed E-state index contributed by atoms with van der Waals surface area (Å²) in [7, 11) is 1.87. The van der Waals surface area contributed by atoms with Crippen molar-refractivity contribution in [3.8, 4) is 5.75 Å². The van der Waals surface area contributed by atoms with E-state index in [2.05, 4.69) is 15.2 Å². The average molecular weight is 539 g/mol. The van der Waals surface area contributed by atoms with Crippen molar-refractivity contribution in [2.75, 3.05) is 31.6 Å². The molecule has 1 atom stereocenters. The molecule has 0 spiro atoms. The highest BCUT2D eigenvalue weighted by Crippen LogP contribution is 2.34. The summed E-state index contributed by atoms with van der Waals surface area (Å²) in [5, 5.41) is 3.58. The molecule has 2 aliphatic rings. The Labute approximate surface area is 226 Å². The quantitative estimate of drug-likeness (QED) is 0.471. The van der Waals surface area contributed by atoms with Gasteiger partial charge in [-0.1, -0.05) is 29.3 Å². The standard InChI is InChI=1S/C28H28Cl2N4O3/c1-33(19-9-14-34(15-10-19)20-7-12-31-13-8-20)28(36)18-5-6-25-22(17-18)24(11-16-37-25)32-27(35)21-3-2-4-23(29)26(21)30/h2-8,12-13,17,19,24H,9-11,14-16H2,1H3,(H,32,35). The lowest BCUT2D eigenvalue weighted by atomic mass is 9.96. The molecule has 3 heterocycles. The van der Waals surface area contributed by atoms with Crippen molar-refractivity contribution < 1.29 is 14.3 Å². The second-order valence-electron chi connectivity index (χ2n) is 9.36. The second kappa shape index (κ2) is 11.0. The van der Waals surface area contributed by atoms with E-state index in [1.807, 2.05) is 36.2 Å². The van der Waals surface area contributed by atoms with Gasteiger partial charge in [0, 0.05) is 61.8 Å². The van der Waals surface area contributed by atoms with Gasteiger partial charge in [-0.3, -0.25) is 14.6 Å². The molecule has 2 aliphatic heterocycles. The predicted octanol–water partition coefficient (Wildman–Crippen LogP) is 5.38. The van der Waals surface area contributed by atoms with Crippen LogP contribution in [0.1, 0.15) is 51.6 Å². The lowest BCUT2D eigenvalue weighted by molar-refractivity contribution is 0.0709. The van der Waals surface area contributed by atoms with Crippen LogP contribution >= 0.6 is 23.2 Å². The first-order chi connectivity index (χ1) is 17.9. The van der Waals surface area contributed by atoms with E-state index >= 15 is 0 Å². The first kappa shape index (κ1) is 25.4. The van der Waals surface area contributed by atoms with E-state index in [0.717, 1.165) is 37.2 Å². The number of fused-ring (bicyclic) bond motifs is 1. The zero-order valence-electron chi connectivity index (χ0n) is 20.5. The fourth-order valence-electron chi connectivity index (χ4n) is 5.03. The number of aromatic nitrogens is 1. The second-order valence-corrected chi connectivity index (χ2v) is 10.1. The number of pyridine rings is 1. The third kappa shape index (κ3) is 5.38. The van der Waals surface area contributed by atoms with Crippen LogP contribution in [-0.2, 0) is 0 Å². The van der Waals surface area contributed by atoms with Gasteiger partial charge in [0.1, 0.15) is 5.75 Å². The molecule has 2 aromatic carbocycles. The number of piperidine rings is 1. The van der Waals surface area contributed by atoms with E-state index in [9.17, 15) is 9.59 Å². The minimum absolute atomic E-state index is 0.0429. The Morgan fingerprint density at radius 2 is 1.81 bits per heavy atom. The zero-order valence-corrected chi connectivity index (χ0v) is 22.0. The third-order valence-corrected chi connectivity index (χ3v) is 7.98. The first-order valence-corrected chi connectivity index (χ1v) is 13.1. The Balaban J connectivity index is 1.28. The molecule has 1 aromatic heterocycles. The van der Waals surface area contributed by atoms with Crippen molar-refractivity contribution in [3.63, 3.8) is 0 Å². The maximum atomic E-state index is 13.5. The maximum Gasteiger partial charge on any atom is 0.253 e. The molecule has 2 amide bonds. The van der Waals surface area contributed by atoms with Crippen LogP contribution in [0.15, 0.2) is 60.9 Å². The van der Waals surface area contributed by atoms with Crippen LogP contribution in [0, 0.1) is 0 Å². The van der Waals surface area contributed by atoms with Gasteiger partial charge < -0.3 is 19.9 Å². The molecule has 1 unspecified atom stereocenters. The molecule has 0 radical (unpaired) electrons. The van der Waals surface area contributed by atoms with Crippen molar-refractivity contribution in [2.24, 2.45) is 0 Å². The van der Waals surface area contributed by atoms with Crippen LogP contribution in [0.25, 0.3) is 0 Å². The number of anilines is 1. The molecule has 0 aliphatic carbocycles. The van der Waals surface area contributed by atoms with Gasteiger partial charge >= 0.3 is 0 Å². The molecule has 0 bridgehead atoms. The number of hydrogen-bond donors (Lipinski definition) is 1. The predicted molar refractivity (Wildman–Crippen MR) is 145 cm³/mol. The van der Waals surface area contributed by atoms with Crippen LogP contribution in [0.2, 0.25) is 10.0 Å². The van der Waals surface area contributed by atoms with E-state index in [0.29, 0.717) is 34.9 Å². The Bertz CT molecular complexity index is 1300. The molecular weight excluding hydrogens is 511 g/mol. The van der Waals surface area contributed by atoms with Crippen molar-refractivity contribution in [1.82, 2.24) is 15.2 Å². The van der Waals surface area contributed by atoms with E-state index in [4.69, 9.17) is 27.9 Å². The van der Waals surface area contributed by atoms with Gasteiger partial charge in [0.25, 0.3) is 11.8 Å². The summed E-state index contributed by atoms with van der Waals surface area (Å²) >= 11 is 12.3. The van der Waals surface area contributed by atoms with Gasteiger partial charge in [0.05, 0.1) is 28.3 Å². The minimum Gasteiger partial charge on any atom is -0.493 e. The van der Waals surface area contributed by atoms with Crippen molar-refractivity contribution in [2.45, 2.75) is 31.3 Å². The summed E-state index contributed by atoms with van der Waals surface area (Å²) in [4.78, 5) is 34.7. The highest BCUT2D eigenvalue weighted by atomic mass is 35.5. The summed E-state index contributed by atoms with van der Waals surface area (Å²) in [6.07, 6.45) is 5.96.